The van der Waals surface area contributed by atoms with Crippen molar-refractivity contribution in [2.45, 2.75) is 13.3 Å². The molecule has 2 aromatic rings. The van der Waals surface area contributed by atoms with Crippen molar-refractivity contribution in [2.75, 3.05) is 15.8 Å². The SMILES string of the molecule is CCCS(=O)Nc1cc(C(=O)Nc2ccc(F)c(Cl)c2)ccn1. The average molecular weight is 356 g/mol. The molecule has 5 nitrogen and oxygen atoms in total. The number of halogens is 2. The van der Waals surface area contributed by atoms with Crippen LogP contribution >= 0.6 is 11.6 Å². The Hall–Kier alpha value is -1.99. The van der Waals surface area contributed by atoms with Gasteiger partial charge in [-0.1, -0.05) is 18.5 Å². The molecule has 23 heavy (non-hydrogen) atoms. The highest BCUT2D eigenvalue weighted by Gasteiger charge is 2.10. The lowest BCUT2D eigenvalue weighted by atomic mass is 10.2. The van der Waals surface area contributed by atoms with Crippen molar-refractivity contribution < 1.29 is 13.4 Å². The normalized spacial score (nSPS) is 11.8. The highest BCUT2D eigenvalue weighted by Crippen LogP contribution is 2.20. The van der Waals surface area contributed by atoms with Gasteiger partial charge in [-0.05, 0) is 36.8 Å². The van der Waals surface area contributed by atoms with Crippen LogP contribution < -0.4 is 10.0 Å². The van der Waals surface area contributed by atoms with E-state index in [-0.39, 0.29) is 5.02 Å². The van der Waals surface area contributed by atoms with E-state index in [1.165, 1.54) is 36.5 Å². The first-order valence-corrected chi connectivity index (χ1v) is 8.56. The summed E-state index contributed by atoms with van der Waals surface area (Å²) >= 11 is 5.68. The molecular formula is C15H15ClFN3O2S. The second kappa shape index (κ2) is 8.03. The van der Waals surface area contributed by atoms with Gasteiger partial charge in [0.15, 0.2) is 0 Å². The van der Waals surface area contributed by atoms with Gasteiger partial charge in [0.1, 0.15) is 22.6 Å². The highest BCUT2D eigenvalue weighted by molar-refractivity contribution is 7.86. The number of amides is 1. The van der Waals surface area contributed by atoms with Gasteiger partial charge in [0.05, 0.1) is 5.02 Å². The molecule has 1 amide bonds. The van der Waals surface area contributed by atoms with Gasteiger partial charge in [-0.3, -0.25) is 9.52 Å². The largest absolute Gasteiger partial charge is 0.322 e. The van der Waals surface area contributed by atoms with E-state index < -0.39 is 22.7 Å². The molecule has 0 saturated carbocycles. The second-order valence-corrected chi connectivity index (χ2v) is 6.38. The van der Waals surface area contributed by atoms with Crippen LogP contribution in [-0.2, 0) is 11.0 Å². The van der Waals surface area contributed by atoms with Gasteiger partial charge in [-0.2, -0.15) is 0 Å². The van der Waals surface area contributed by atoms with E-state index in [2.05, 4.69) is 15.0 Å². The number of carbonyl (C=O) groups excluding carboxylic acids is 1. The maximum Gasteiger partial charge on any atom is 0.255 e. The third-order valence-electron chi connectivity index (χ3n) is 2.81. The maximum absolute atomic E-state index is 13.1. The second-order valence-electron chi connectivity index (χ2n) is 4.66. The summed E-state index contributed by atoms with van der Waals surface area (Å²) in [6.45, 7) is 1.92. The van der Waals surface area contributed by atoms with E-state index in [9.17, 15) is 13.4 Å². The molecule has 2 N–H and O–H groups in total. The molecule has 1 aromatic carbocycles. The van der Waals surface area contributed by atoms with Gasteiger partial charge in [0.2, 0.25) is 0 Å². The van der Waals surface area contributed by atoms with Gasteiger partial charge in [0.25, 0.3) is 5.91 Å². The molecule has 8 heteroatoms. The van der Waals surface area contributed by atoms with Crippen LogP contribution in [0, 0.1) is 5.82 Å². The zero-order chi connectivity index (χ0) is 16.8. The summed E-state index contributed by atoms with van der Waals surface area (Å²) in [5.41, 5.74) is 0.707. The number of nitrogens with zero attached hydrogens (tertiary/aromatic N) is 1. The van der Waals surface area contributed by atoms with E-state index >= 15 is 0 Å². The van der Waals surface area contributed by atoms with Gasteiger partial charge in [0, 0.05) is 23.2 Å². The van der Waals surface area contributed by atoms with Crippen molar-refractivity contribution in [3.05, 3.63) is 52.9 Å². The lowest BCUT2D eigenvalue weighted by molar-refractivity contribution is 0.102. The van der Waals surface area contributed by atoms with Gasteiger partial charge >= 0.3 is 0 Å². The van der Waals surface area contributed by atoms with Crippen molar-refractivity contribution in [1.29, 1.82) is 0 Å². The first kappa shape index (κ1) is 17.4. The van der Waals surface area contributed by atoms with E-state index in [0.717, 1.165) is 6.42 Å². The first-order valence-electron chi connectivity index (χ1n) is 6.87. The Balaban J connectivity index is 2.10. The van der Waals surface area contributed by atoms with E-state index in [0.29, 0.717) is 22.8 Å². The number of rotatable bonds is 6. The van der Waals surface area contributed by atoms with Crippen LogP contribution in [0.4, 0.5) is 15.9 Å². The van der Waals surface area contributed by atoms with Crippen molar-refractivity contribution in [1.82, 2.24) is 4.98 Å². The molecule has 0 aliphatic carbocycles. The minimum absolute atomic E-state index is 0.0742. The quantitative estimate of drug-likeness (QED) is 0.831. The molecule has 0 aliphatic rings. The summed E-state index contributed by atoms with van der Waals surface area (Å²) in [7, 11) is -1.24. The smallest absolute Gasteiger partial charge is 0.255 e. The number of benzene rings is 1. The fraction of sp³-hybridized carbons (Fsp3) is 0.200. The number of pyridine rings is 1. The zero-order valence-corrected chi connectivity index (χ0v) is 13.9. The number of hydrogen-bond acceptors (Lipinski definition) is 3. The van der Waals surface area contributed by atoms with E-state index in [1.807, 2.05) is 6.92 Å². The molecule has 0 bridgehead atoms. The van der Waals surface area contributed by atoms with Crippen LogP contribution in [0.3, 0.4) is 0 Å². The highest BCUT2D eigenvalue weighted by atomic mass is 35.5. The summed E-state index contributed by atoms with van der Waals surface area (Å²) in [5, 5.41) is 2.54. The van der Waals surface area contributed by atoms with Crippen LogP contribution in [0.2, 0.25) is 5.02 Å². The lowest BCUT2D eigenvalue weighted by Crippen LogP contribution is -2.14. The van der Waals surface area contributed by atoms with Crippen molar-refractivity contribution in [3.8, 4) is 0 Å². The summed E-state index contributed by atoms with van der Waals surface area (Å²) in [6, 6.07) is 6.93. The molecule has 0 fully saturated rings. The summed E-state index contributed by atoms with van der Waals surface area (Å²) in [6.07, 6.45) is 2.21. The molecule has 1 heterocycles. The molecular weight excluding hydrogens is 341 g/mol. The zero-order valence-electron chi connectivity index (χ0n) is 12.3. The maximum atomic E-state index is 13.1. The van der Waals surface area contributed by atoms with E-state index in [1.54, 1.807) is 0 Å². The molecule has 1 unspecified atom stereocenters. The number of hydrogen-bond donors (Lipinski definition) is 2. The fourth-order valence-electron chi connectivity index (χ4n) is 1.76. The van der Waals surface area contributed by atoms with Gasteiger partial charge in [-0.25, -0.2) is 13.6 Å². The summed E-state index contributed by atoms with van der Waals surface area (Å²) in [4.78, 5) is 16.2. The molecule has 1 atom stereocenters. The molecule has 0 radical (unpaired) electrons. The number of carbonyl (C=O) groups is 1. The standard InChI is InChI=1S/C15H15ClFN3O2S/c1-2-7-23(22)20-14-8-10(5-6-18-14)15(21)19-11-3-4-13(17)12(16)9-11/h3-6,8-9H,2,7H2,1H3,(H,18,20)(H,19,21). The van der Waals surface area contributed by atoms with Crippen LogP contribution in [-0.4, -0.2) is 20.9 Å². The number of nitrogens with one attached hydrogen (secondary N) is 2. The average Bonchev–Trinajstić information content (AvgIpc) is 2.51. The Bertz CT molecular complexity index is 742. The van der Waals surface area contributed by atoms with Crippen LogP contribution in [0.5, 0.6) is 0 Å². The minimum Gasteiger partial charge on any atom is -0.322 e. The van der Waals surface area contributed by atoms with Crippen molar-refractivity contribution >= 4 is 40.0 Å². The molecule has 0 spiro atoms. The fourth-order valence-corrected chi connectivity index (χ4v) is 2.76. The summed E-state index contributed by atoms with van der Waals surface area (Å²) in [5.74, 6) is -0.119. The monoisotopic (exact) mass is 355 g/mol. The Morgan fingerprint density at radius 3 is 2.83 bits per heavy atom. The van der Waals surface area contributed by atoms with E-state index in [4.69, 9.17) is 11.6 Å². The third-order valence-corrected chi connectivity index (χ3v) is 4.31. The predicted molar refractivity (Wildman–Crippen MR) is 90.5 cm³/mol. The van der Waals surface area contributed by atoms with Crippen molar-refractivity contribution in [2.24, 2.45) is 0 Å². The molecule has 1 aromatic heterocycles. The Morgan fingerprint density at radius 1 is 1.35 bits per heavy atom. The topological polar surface area (TPSA) is 71.1 Å². The Kier molecular flexibility index (Phi) is 6.06. The van der Waals surface area contributed by atoms with Crippen molar-refractivity contribution in [3.63, 3.8) is 0 Å². The molecule has 2 rings (SSSR count). The lowest BCUT2D eigenvalue weighted by Gasteiger charge is -2.08. The predicted octanol–water partition coefficient (Wildman–Crippen LogP) is 3.61. The summed E-state index contributed by atoms with van der Waals surface area (Å²) < 4.78 is 27.5. The molecule has 0 aliphatic heterocycles. The van der Waals surface area contributed by atoms with Crippen LogP contribution in [0.15, 0.2) is 36.5 Å². The molecule has 0 saturated heterocycles. The Labute approximate surface area is 140 Å². The third kappa shape index (κ3) is 5.01. The molecule has 122 valence electrons. The first-order chi connectivity index (χ1) is 11.0. The number of aromatic nitrogens is 1. The van der Waals surface area contributed by atoms with Crippen LogP contribution in [0.25, 0.3) is 0 Å². The van der Waals surface area contributed by atoms with Crippen LogP contribution in [0.1, 0.15) is 23.7 Å². The Morgan fingerprint density at radius 2 is 2.13 bits per heavy atom. The van der Waals surface area contributed by atoms with Gasteiger partial charge in [-0.15, -0.1) is 0 Å². The minimum atomic E-state index is -1.24. The number of anilines is 2. The van der Waals surface area contributed by atoms with Gasteiger partial charge < -0.3 is 5.32 Å².